The van der Waals surface area contributed by atoms with Crippen molar-refractivity contribution in [3.63, 3.8) is 0 Å². The molecule has 0 amide bonds. The molecule has 0 saturated carbocycles. The van der Waals surface area contributed by atoms with E-state index < -0.39 is 23.1 Å². The number of fused-ring (bicyclic) bond motifs is 1. The van der Waals surface area contributed by atoms with Crippen molar-refractivity contribution < 1.29 is 22.8 Å². The minimum Gasteiger partial charge on any atom is -0.384 e. The van der Waals surface area contributed by atoms with Crippen LogP contribution in [0.15, 0.2) is 18.2 Å². The van der Waals surface area contributed by atoms with Gasteiger partial charge in [-0.1, -0.05) is 33.6 Å². The number of nitrogens with zero attached hydrogens (tertiary/aromatic N) is 2. The summed E-state index contributed by atoms with van der Waals surface area (Å²) in [6.07, 6.45) is -0.686. The topological polar surface area (TPSA) is 64.0 Å². The Balaban J connectivity index is 2.09. The molecule has 1 aromatic carbocycles. The number of hydrogen-bond donors (Lipinski definition) is 1. The molecular weight excluding hydrogens is 395 g/mol. The molecule has 1 heterocycles. The first-order valence-corrected chi connectivity index (χ1v) is 10.1. The van der Waals surface area contributed by atoms with E-state index >= 15 is 0 Å². The summed E-state index contributed by atoms with van der Waals surface area (Å²) >= 11 is 0. The molecule has 0 unspecified atom stereocenters. The molecule has 3 rings (SSSR count). The van der Waals surface area contributed by atoms with Gasteiger partial charge in [-0.25, -0.2) is 4.68 Å². The Morgan fingerprint density at radius 2 is 1.97 bits per heavy atom. The monoisotopic (exact) mass is 421 g/mol. The summed E-state index contributed by atoms with van der Waals surface area (Å²) in [5.74, 6) is -0.540. The van der Waals surface area contributed by atoms with Gasteiger partial charge in [0.05, 0.1) is 16.9 Å². The van der Waals surface area contributed by atoms with Crippen LogP contribution in [0.3, 0.4) is 0 Å². The Kier molecular flexibility index (Phi) is 6.06. The Morgan fingerprint density at radius 3 is 2.60 bits per heavy atom. The van der Waals surface area contributed by atoms with Crippen molar-refractivity contribution in [2.24, 2.45) is 5.41 Å². The number of benzene rings is 1. The Morgan fingerprint density at radius 1 is 1.23 bits per heavy atom. The van der Waals surface area contributed by atoms with Crippen LogP contribution in [0.25, 0.3) is 5.69 Å². The van der Waals surface area contributed by atoms with E-state index in [0.717, 1.165) is 19.3 Å². The number of rotatable bonds is 7. The van der Waals surface area contributed by atoms with Gasteiger partial charge in [0, 0.05) is 24.2 Å². The predicted molar refractivity (Wildman–Crippen MR) is 108 cm³/mol. The summed E-state index contributed by atoms with van der Waals surface area (Å²) in [6.45, 7) is 6.44. The molecule has 0 fully saturated rings. The number of carbonyl (C=O) groups is 2. The number of alkyl halides is 3. The van der Waals surface area contributed by atoms with E-state index in [9.17, 15) is 22.8 Å². The molecule has 162 valence electrons. The smallest absolute Gasteiger partial charge is 0.384 e. The molecule has 0 saturated heterocycles. The lowest BCUT2D eigenvalue weighted by Crippen LogP contribution is -2.29. The molecule has 30 heavy (non-hydrogen) atoms. The van der Waals surface area contributed by atoms with Crippen molar-refractivity contribution in [3.05, 3.63) is 40.7 Å². The van der Waals surface area contributed by atoms with Gasteiger partial charge in [-0.15, -0.1) is 0 Å². The minimum atomic E-state index is -4.73. The number of hydrogen-bond acceptors (Lipinski definition) is 4. The maximum absolute atomic E-state index is 13.6. The fourth-order valence-corrected chi connectivity index (χ4v) is 3.89. The third-order valence-electron chi connectivity index (χ3n) is 5.32. The maximum atomic E-state index is 13.6. The van der Waals surface area contributed by atoms with Crippen LogP contribution in [0.2, 0.25) is 0 Å². The standard InChI is InChI=1S/C22H26F3N3O2/c1-4-5-6-9-26-16-10-15(8-7-14(16)13-29)28-17-11-21(2,3)12-18(30)19(17)20(27-28)22(23,24)25/h7-8,10,13,26H,4-6,9,11-12H2,1-3H3. The summed E-state index contributed by atoms with van der Waals surface area (Å²) in [5.41, 5.74) is -0.334. The van der Waals surface area contributed by atoms with Crippen LogP contribution in [0.1, 0.15) is 78.6 Å². The van der Waals surface area contributed by atoms with Crippen LogP contribution in [0, 0.1) is 5.41 Å². The first-order valence-electron chi connectivity index (χ1n) is 10.1. The molecule has 0 spiro atoms. The highest BCUT2D eigenvalue weighted by Crippen LogP contribution is 2.42. The molecule has 8 heteroatoms. The van der Waals surface area contributed by atoms with Gasteiger partial charge in [0.2, 0.25) is 0 Å². The van der Waals surface area contributed by atoms with Crippen molar-refractivity contribution in [2.75, 3.05) is 11.9 Å². The third kappa shape index (κ3) is 4.42. The van der Waals surface area contributed by atoms with Gasteiger partial charge in [0.25, 0.3) is 0 Å². The molecule has 0 aliphatic heterocycles. The quantitative estimate of drug-likeness (QED) is 0.476. The predicted octanol–water partition coefficient (Wildman–Crippen LogP) is 5.46. The second-order valence-corrected chi connectivity index (χ2v) is 8.54. The minimum absolute atomic E-state index is 0.0447. The molecule has 1 aliphatic carbocycles. The van der Waals surface area contributed by atoms with E-state index in [1.807, 2.05) is 13.8 Å². The number of carbonyl (C=O) groups excluding carboxylic acids is 2. The summed E-state index contributed by atoms with van der Waals surface area (Å²) in [4.78, 5) is 24.0. The highest BCUT2D eigenvalue weighted by molar-refractivity contribution is 6.00. The number of halogens is 3. The molecule has 0 atom stereocenters. The molecule has 0 bridgehead atoms. The van der Waals surface area contributed by atoms with Gasteiger partial charge in [-0.2, -0.15) is 18.3 Å². The highest BCUT2D eigenvalue weighted by atomic mass is 19.4. The number of aldehydes is 1. The van der Waals surface area contributed by atoms with E-state index in [4.69, 9.17) is 0 Å². The number of aromatic nitrogens is 2. The van der Waals surface area contributed by atoms with Crippen LogP contribution in [0.5, 0.6) is 0 Å². The molecule has 1 N–H and O–H groups in total. The van der Waals surface area contributed by atoms with Crippen LogP contribution in [-0.2, 0) is 12.6 Å². The number of unbranched alkanes of at least 4 members (excludes halogenated alkanes) is 2. The van der Waals surface area contributed by atoms with Crippen molar-refractivity contribution in [3.8, 4) is 5.69 Å². The van der Waals surface area contributed by atoms with E-state index in [2.05, 4.69) is 17.3 Å². The zero-order chi connectivity index (χ0) is 22.1. The lowest BCUT2D eigenvalue weighted by molar-refractivity contribution is -0.141. The largest absolute Gasteiger partial charge is 0.435 e. The van der Waals surface area contributed by atoms with Gasteiger partial charge in [-0.05, 0) is 36.5 Å². The van der Waals surface area contributed by atoms with Crippen molar-refractivity contribution in [1.29, 1.82) is 0 Å². The van der Waals surface area contributed by atoms with Gasteiger partial charge in [0.15, 0.2) is 17.8 Å². The molecule has 1 aliphatic rings. The van der Waals surface area contributed by atoms with E-state index in [-0.39, 0.29) is 17.7 Å². The fourth-order valence-electron chi connectivity index (χ4n) is 3.89. The zero-order valence-electron chi connectivity index (χ0n) is 17.4. The second kappa shape index (κ2) is 8.24. The summed E-state index contributed by atoms with van der Waals surface area (Å²) in [6, 6.07) is 4.73. The SMILES string of the molecule is CCCCCNc1cc(-n2nc(C(F)(F)F)c3c2CC(C)(C)CC3=O)ccc1C=O. The molecule has 0 radical (unpaired) electrons. The summed E-state index contributed by atoms with van der Waals surface area (Å²) in [5, 5.41) is 7.00. The molecular formula is C22H26F3N3O2. The Hall–Kier alpha value is -2.64. The first-order chi connectivity index (χ1) is 14.1. The summed E-state index contributed by atoms with van der Waals surface area (Å²) < 4.78 is 42.1. The zero-order valence-corrected chi connectivity index (χ0v) is 17.4. The van der Waals surface area contributed by atoms with Crippen LogP contribution >= 0.6 is 0 Å². The van der Waals surface area contributed by atoms with Gasteiger partial charge in [-0.3, -0.25) is 9.59 Å². The fraction of sp³-hybridized carbons (Fsp3) is 0.500. The number of nitrogens with one attached hydrogen (secondary N) is 1. The lowest BCUT2D eigenvalue weighted by atomic mass is 9.75. The van der Waals surface area contributed by atoms with Crippen molar-refractivity contribution in [1.82, 2.24) is 9.78 Å². The number of Topliss-reactive ketones (excluding diaryl/α,β-unsaturated/α-hetero) is 1. The maximum Gasteiger partial charge on any atom is 0.435 e. The van der Waals surface area contributed by atoms with E-state index in [1.54, 1.807) is 18.2 Å². The molecule has 5 nitrogen and oxygen atoms in total. The molecule has 1 aromatic heterocycles. The molecule has 2 aromatic rings. The van der Waals surface area contributed by atoms with Gasteiger partial charge >= 0.3 is 6.18 Å². The second-order valence-electron chi connectivity index (χ2n) is 8.54. The van der Waals surface area contributed by atoms with Crippen molar-refractivity contribution in [2.45, 2.75) is 59.1 Å². The van der Waals surface area contributed by atoms with Crippen molar-refractivity contribution >= 4 is 17.8 Å². The number of anilines is 1. The third-order valence-corrected chi connectivity index (χ3v) is 5.32. The highest BCUT2D eigenvalue weighted by Gasteiger charge is 2.45. The average molecular weight is 421 g/mol. The first kappa shape index (κ1) is 22.1. The Labute approximate surface area is 173 Å². The van der Waals surface area contributed by atoms with Crippen LogP contribution in [0.4, 0.5) is 18.9 Å². The van der Waals surface area contributed by atoms with Gasteiger partial charge in [0.1, 0.15) is 0 Å². The average Bonchev–Trinajstić information content (AvgIpc) is 3.04. The Bertz CT molecular complexity index is 961. The number of ketones is 1. The van der Waals surface area contributed by atoms with E-state index in [0.29, 0.717) is 36.2 Å². The normalized spacial score (nSPS) is 15.7. The van der Waals surface area contributed by atoms with Gasteiger partial charge < -0.3 is 5.32 Å². The lowest BCUT2D eigenvalue weighted by Gasteiger charge is -2.29. The van der Waals surface area contributed by atoms with E-state index in [1.165, 1.54) is 4.68 Å². The summed E-state index contributed by atoms with van der Waals surface area (Å²) in [7, 11) is 0. The van der Waals surface area contributed by atoms with Crippen LogP contribution < -0.4 is 5.32 Å². The van der Waals surface area contributed by atoms with Crippen LogP contribution in [-0.4, -0.2) is 28.4 Å².